The van der Waals surface area contributed by atoms with Gasteiger partial charge in [-0.3, -0.25) is 4.98 Å². The van der Waals surface area contributed by atoms with Crippen LogP contribution in [0.1, 0.15) is 31.7 Å². The van der Waals surface area contributed by atoms with Gasteiger partial charge in [0.05, 0.1) is 11.1 Å². The highest BCUT2D eigenvalue weighted by atomic mass is 35.5. The molecule has 0 bridgehead atoms. The van der Waals surface area contributed by atoms with Gasteiger partial charge in [0.2, 0.25) is 0 Å². The van der Waals surface area contributed by atoms with E-state index in [1.165, 1.54) is 0 Å². The fourth-order valence-corrected chi connectivity index (χ4v) is 4.64. The van der Waals surface area contributed by atoms with Crippen molar-refractivity contribution in [2.75, 3.05) is 6.61 Å². The second-order valence-electron chi connectivity index (χ2n) is 7.52. The SMILES string of the molecule is C=C(C=C1C(=CC)OC2CC(O)CCC2C12COC(N)=N2)c1cncc(Cl)c1. The fourth-order valence-electron chi connectivity index (χ4n) is 4.46. The maximum Gasteiger partial charge on any atom is 0.283 e. The van der Waals surface area contributed by atoms with Gasteiger partial charge >= 0.3 is 0 Å². The molecule has 0 radical (unpaired) electrons. The zero-order chi connectivity index (χ0) is 19.9. The first-order valence-electron chi connectivity index (χ1n) is 9.44. The van der Waals surface area contributed by atoms with Crippen molar-refractivity contribution in [3.05, 3.63) is 59.1 Å². The van der Waals surface area contributed by atoms with Crippen LogP contribution in [0.15, 0.2) is 53.5 Å². The van der Waals surface area contributed by atoms with E-state index in [-0.39, 0.29) is 24.1 Å². The van der Waals surface area contributed by atoms with Gasteiger partial charge in [0.1, 0.15) is 24.0 Å². The molecule has 0 aromatic carbocycles. The van der Waals surface area contributed by atoms with Crippen LogP contribution >= 0.6 is 11.6 Å². The van der Waals surface area contributed by atoms with Crippen molar-refractivity contribution in [2.45, 2.75) is 43.9 Å². The molecule has 3 N–H and O–H groups in total. The second-order valence-corrected chi connectivity index (χ2v) is 7.96. The Bertz CT molecular complexity index is 895. The lowest BCUT2D eigenvalue weighted by atomic mass is 9.66. The minimum atomic E-state index is -0.649. The summed E-state index contributed by atoms with van der Waals surface area (Å²) < 4.78 is 11.9. The van der Waals surface area contributed by atoms with E-state index in [9.17, 15) is 5.11 Å². The van der Waals surface area contributed by atoms with E-state index in [1.807, 2.05) is 25.1 Å². The molecule has 3 heterocycles. The average Bonchev–Trinajstić information content (AvgIpc) is 3.05. The van der Waals surface area contributed by atoms with Crippen LogP contribution < -0.4 is 5.73 Å². The zero-order valence-corrected chi connectivity index (χ0v) is 16.5. The number of nitrogens with zero attached hydrogens (tertiary/aromatic N) is 2. The van der Waals surface area contributed by atoms with Crippen molar-refractivity contribution in [1.29, 1.82) is 0 Å². The summed E-state index contributed by atoms with van der Waals surface area (Å²) in [5, 5.41) is 10.7. The Morgan fingerprint density at radius 1 is 1.43 bits per heavy atom. The molecule has 28 heavy (non-hydrogen) atoms. The van der Waals surface area contributed by atoms with Gasteiger partial charge in [-0.25, -0.2) is 4.99 Å². The summed E-state index contributed by atoms with van der Waals surface area (Å²) >= 11 is 6.09. The van der Waals surface area contributed by atoms with Crippen molar-refractivity contribution in [3.8, 4) is 0 Å². The number of hydrogen-bond donors (Lipinski definition) is 2. The number of halogens is 1. The fraction of sp³-hybridized carbons (Fsp3) is 0.429. The summed E-state index contributed by atoms with van der Waals surface area (Å²) in [6.45, 7) is 6.47. The second kappa shape index (κ2) is 7.26. The normalized spacial score (nSPS) is 34.7. The Morgan fingerprint density at radius 3 is 2.93 bits per heavy atom. The molecule has 1 aromatic heterocycles. The molecule has 1 aromatic rings. The number of aromatic nitrogens is 1. The van der Waals surface area contributed by atoms with Crippen LogP contribution in [0.5, 0.6) is 0 Å². The van der Waals surface area contributed by atoms with E-state index in [4.69, 9.17) is 31.8 Å². The molecule has 7 heteroatoms. The van der Waals surface area contributed by atoms with Crippen molar-refractivity contribution >= 4 is 23.2 Å². The van der Waals surface area contributed by atoms with Crippen molar-refractivity contribution in [3.63, 3.8) is 0 Å². The number of amidine groups is 1. The van der Waals surface area contributed by atoms with Gasteiger partial charge in [0.15, 0.2) is 0 Å². The molecule has 0 amide bonds. The smallest absolute Gasteiger partial charge is 0.283 e. The number of nitrogens with two attached hydrogens (primary N) is 1. The molecule has 2 fully saturated rings. The van der Waals surface area contributed by atoms with Crippen molar-refractivity contribution in [1.82, 2.24) is 4.98 Å². The van der Waals surface area contributed by atoms with E-state index in [0.29, 0.717) is 30.2 Å². The predicted molar refractivity (Wildman–Crippen MR) is 109 cm³/mol. The summed E-state index contributed by atoms with van der Waals surface area (Å²) in [5.74, 6) is 0.783. The van der Waals surface area contributed by atoms with E-state index in [1.54, 1.807) is 12.4 Å². The Morgan fingerprint density at radius 2 is 2.25 bits per heavy atom. The lowest BCUT2D eigenvalue weighted by molar-refractivity contribution is -0.0605. The zero-order valence-electron chi connectivity index (χ0n) is 15.8. The van der Waals surface area contributed by atoms with Gasteiger partial charge in [-0.2, -0.15) is 0 Å². The van der Waals surface area contributed by atoms with E-state index >= 15 is 0 Å². The maximum absolute atomic E-state index is 10.1. The quantitative estimate of drug-likeness (QED) is 0.794. The Kier molecular flexibility index (Phi) is 4.93. The lowest BCUT2D eigenvalue weighted by Crippen LogP contribution is -2.54. The van der Waals surface area contributed by atoms with E-state index < -0.39 is 5.54 Å². The Hall–Kier alpha value is -2.31. The molecule has 148 valence electrons. The lowest BCUT2D eigenvalue weighted by Gasteiger charge is -2.48. The number of aliphatic hydroxyl groups excluding tert-OH is 1. The molecule has 1 saturated carbocycles. The molecular formula is C21H24ClN3O3. The highest BCUT2D eigenvalue weighted by Crippen LogP contribution is 2.51. The summed E-state index contributed by atoms with van der Waals surface area (Å²) in [7, 11) is 0. The predicted octanol–water partition coefficient (Wildman–Crippen LogP) is 3.22. The number of allylic oxidation sites excluding steroid dienone is 3. The number of aliphatic imine (C=N–C) groups is 1. The molecule has 2 aliphatic heterocycles. The van der Waals surface area contributed by atoms with Crippen LogP contribution in [0.3, 0.4) is 0 Å². The molecule has 3 aliphatic rings. The first-order chi connectivity index (χ1) is 13.4. The summed E-state index contributed by atoms with van der Waals surface area (Å²) in [4.78, 5) is 8.90. The topological polar surface area (TPSA) is 90.0 Å². The van der Waals surface area contributed by atoms with Crippen LogP contribution in [0.4, 0.5) is 0 Å². The van der Waals surface area contributed by atoms with Gasteiger partial charge < -0.3 is 20.3 Å². The molecule has 1 aliphatic carbocycles. The third-order valence-corrected chi connectivity index (χ3v) is 6.00. The number of fused-ring (bicyclic) bond motifs is 2. The molecular weight excluding hydrogens is 378 g/mol. The number of aliphatic hydroxyl groups is 1. The number of rotatable bonds is 2. The third kappa shape index (κ3) is 3.20. The largest absolute Gasteiger partial charge is 0.490 e. The van der Waals surface area contributed by atoms with Crippen LogP contribution in [-0.2, 0) is 9.47 Å². The first kappa shape index (κ1) is 19.0. The van der Waals surface area contributed by atoms with Gasteiger partial charge in [-0.05, 0) is 43.6 Å². The Balaban J connectivity index is 1.80. The monoisotopic (exact) mass is 401 g/mol. The van der Waals surface area contributed by atoms with E-state index in [0.717, 1.165) is 23.1 Å². The van der Waals surface area contributed by atoms with Crippen LogP contribution in [0.25, 0.3) is 5.57 Å². The van der Waals surface area contributed by atoms with Crippen LogP contribution in [0, 0.1) is 5.92 Å². The van der Waals surface area contributed by atoms with Crippen molar-refractivity contribution in [2.24, 2.45) is 16.6 Å². The molecule has 4 unspecified atom stereocenters. The molecule has 4 rings (SSSR count). The van der Waals surface area contributed by atoms with Crippen molar-refractivity contribution < 1.29 is 14.6 Å². The number of hydrogen-bond acceptors (Lipinski definition) is 6. The highest BCUT2D eigenvalue weighted by Gasteiger charge is 2.56. The van der Waals surface area contributed by atoms with E-state index in [2.05, 4.69) is 11.6 Å². The highest BCUT2D eigenvalue weighted by molar-refractivity contribution is 6.30. The van der Waals surface area contributed by atoms with Gasteiger partial charge in [-0.15, -0.1) is 0 Å². The third-order valence-electron chi connectivity index (χ3n) is 5.79. The van der Waals surface area contributed by atoms with Gasteiger partial charge in [0.25, 0.3) is 6.02 Å². The number of pyridine rings is 1. The summed E-state index contributed by atoms with van der Waals surface area (Å²) in [6, 6.07) is 2.01. The molecule has 1 spiro atoms. The van der Waals surface area contributed by atoms with Gasteiger partial charge in [-0.1, -0.05) is 18.2 Å². The summed E-state index contributed by atoms with van der Waals surface area (Å²) in [5.41, 5.74) is 7.75. The number of ether oxygens (including phenoxy) is 2. The molecule has 4 atom stereocenters. The van der Waals surface area contributed by atoms with Gasteiger partial charge in [0, 0.05) is 35.9 Å². The standard InChI is InChI=1S/C21H24ClN3O3/c1-3-18-17(6-12(2)13-7-14(22)10-24-9-13)21(11-27-20(23)25-21)16-5-4-15(26)8-19(16)28-18/h3,6-7,9-10,15-16,19,26H,2,4-5,8,11H2,1H3,(H2,23,25). The first-order valence-corrected chi connectivity index (χ1v) is 9.82. The average molecular weight is 402 g/mol. The minimum absolute atomic E-state index is 0.0668. The Labute approximate surface area is 169 Å². The van der Waals surface area contributed by atoms with Crippen LogP contribution in [0.2, 0.25) is 5.02 Å². The minimum Gasteiger partial charge on any atom is -0.490 e. The molecule has 1 saturated heterocycles. The molecule has 6 nitrogen and oxygen atoms in total. The van der Waals surface area contributed by atoms with Crippen LogP contribution in [-0.4, -0.2) is 40.5 Å². The maximum atomic E-state index is 10.1. The summed E-state index contributed by atoms with van der Waals surface area (Å²) in [6.07, 6.45) is 8.76.